The lowest BCUT2D eigenvalue weighted by molar-refractivity contribution is 0.0122. The molecule has 20 heavy (non-hydrogen) atoms. The topological polar surface area (TPSA) is 35.2 Å². The second kappa shape index (κ2) is 5.73. The van der Waals surface area contributed by atoms with Crippen LogP contribution in [0.5, 0.6) is 0 Å². The largest absolute Gasteiger partial charge is 0.371 e. The standard InChI is InChI=1S/C17H18FNO/c18-15-8-4-2-6-13(15)11-20-16-10-9-12-5-1-3-7-14(12)17(16)19/h1-8,16-17H,9-11,19H2. The van der Waals surface area contributed by atoms with Crippen molar-refractivity contribution < 1.29 is 9.13 Å². The van der Waals surface area contributed by atoms with E-state index in [2.05, 4.69) is 12.1 Å². The van der Waals surface area contributed by atoms with E-state index in [0.717, 1.165) is 18.4 Å². The third-order valence-electron chi connectivity index (χ3n) is 3.92. The Balaban J connectivity index is 1.69. The lowest BCUT2D eigenvalue weighted by Crippen LogP contribution is -2.33. The van der Waals surface area contributed by atoms with Crippen molar-refractivity contribution in [1.82, 2.24) is 0 Å². The summed E-state index contributed by atoms with van der Waals surface area (Å²) in [6.45, 7) is 0.271. The highest BCUT2D eigenvalue weighted by Gasteiger charge is 2.27. The Labute approximate surface area is 118 Å². The third-order valence-corrected chi connectivity index (χ3v) is 3.92. The van der Waals surface area contributed by atoms with Crippen LogP contribution in [0.3, 0.4) is 0 Å². The predicted octanol–water partition coefficient (Wildman–Crippen LogP) is 3.36. The molecular weight excluding hydrogens is 253 g/mol. The van der Waals surface area contributed by atoms with Crippen molar-refractivity contribution in [2.45, 2.75) is 31.6 Å². The second-order valence-electron chi connectivity index (χ2n) is 5.20. The van der Waals surface area contributed by atoms with Crippen molar-refractivity contribution in [1.29, 1.82) is 0 Å². The molecule has 2 N–H and O–H groups in total. The summed E-state index contributed by atoms with van der Waals surface area (Å²) in [5.41, 5.74) is 9.30. The summed E-state index contributed by atoms with van der Waals surface area (Å²) in [6, 6.07) is 14.8. The zero-order valence-corrected chi connectivity index (χ0v) is 11.3. The molecule has 104 valence electrons. The zero-order chi connectivity index (χ0) is 13.9. The Bertz CT molecular complexity index is 599. The van der Waals surface area contributed by atoms with Gasteiger partial charge in [0.25, 0.3) is 0 Å². The summed E-state index contributed by atoms with van der Waals surface area (Å²) >= 11 is 0. The van der Waals surface area contributed by atoms with Gasteiger partial charge in [-0.3, -0.25) is 0 Å². The smallest absolute Gasteiger partial charge is 0.128 e. The maximum atomic E-state index is 13.6. The highest BCUT2D eigenvalue weighted by molar-refractivity contribution is 5.33. The van der Waals surface area contributed by atoms with Crippen LogP contribution in [0.4, 0.5) is 4.39 Å². The van der Waals surface area contributed by atoms with E-state index in [-0.39, 0.29) is 24.6 Å². The molecule has 3 rings (SSSR count). The molecule has 2 aromatic rings. The van der Waals surface area contributed by atoms with Crippen LogP contribution in [0.2, 0.25) is 0 Å². The molecular formula is C17H18FNO. The molecule has 0 spiro atoms. The van der Waals surface area contributed by atoms with Crippen molar-refractivity contribution in [3.8, 4) is 0 Å². The van der Waals surface area contributed by atoms with Crippen LogP contribution in [-0.4, -0.2) is 6.10 Å². The fraction of sp³-hybridized carbons (Fsp3) is 0.294. The van der Waals surface area contributed by atoms with Crippen LogP contribution in [-0.2, 0) is 17.8 Å². The van der Waals surface area contributed by atoms with Crippen LogP contribution in [0, 0.1) is 5.82 Å². The summed E-state index contributed by atoms with van der Waals surface area (Å²) in [5, 5.41) is 0. The molecule has 2 aromatic carbocycles. The number of ether oxygens (including phenoxy) is 1. The van der Waals surface area contributed by atoms with Gasteiger partial charge in [0.2, 0.25) is 0 Å². The number of rotatable bonds is 3. The second-order valence-corrected chi connectivity index (χ2v) is 5.20. The number of benzene rings is 2. The minimum absolute atomic E-state index is 0.0514. The highest BCUT2D eigenvalue weighted by atomic mass is 19.1. The minimum atomic E-state index is -0.225. The molecule has 0 aromatic heterocycles. The van der Waals surface area contributed by atoms with Gasteiger partial charge in [-0.05, 0) is 30.0 Å². The number of halogens is 1. The Morgan fingerprint density at radius 3 is 2.70 bits per heavy atom. The summed E-state index contributed by atoms with van der Waals surface area (Å²) in [4.78, 5) is 0. The van der Waals surface area contributed by atoms with E-state index in [1.807, 2.05) is 18.2 Å². The maximum absolute atomic E-state index is 13.6. The summed E-state index contributed by atoms with van der Waals surface area (Å²) in [6.07, 6.45) is 1.79. The first-order valence-electron chi connectivity index (χ1n) is 6.94. The molecule has 2 nitrogen and oxygen atoms in total. The maximum Gasteiger partial charge on any atom is 0.128 e. The van der Waals surface area contributed by atoms with Crippen molar-refractivity contribution in [3.05, 3.63) is 71.0 Å². The molecule has 0 radical (unpaired) electrons. The van der Waals surface area contributed by atoms with Gasteiger partial charge in [-0.1, -0.05) is 42.5 Å². The number of fused-ring (bicyclic) bond motifs is 1. The van der Waals surface area contributed by atoms with Crippen molar-refractivity contribution >= 4 is 0 Å². The summed E-state index contributed by atoms with van der Waals surface area (Å²) in [7, 11) is 0. The summed E-state index contributed by atoms with van der Waals surface area (Å²) in [5.74, 6) is -0.225. The summed E-state index contributed by atoms with van der Waals surface area (Å²) < 4.78 is 19.4. The van der Waals surface area contributed by atoms with E-state index >= 15 is 0 Å². The molecule has 0 amide bonds. The van der Waals surface area contributed by atoms with Gasteiger partial charge >= 0.3 is 0 Å². The molecule has 0 saturated heterocycles. The van der Waals surface area contributed by atoms with Gasteiger partial charge in [0.15, 0.2) is 0 Å². The average Bonchev–Trinajstić information content (AvgIpc) is 2.48. The van der Waals surface area contributed by atoms with Gasteiger partial charge in [-0.25, -0.2) is 4.39 Å². The number of hydrogen-bond donors (Lipinski definition) is 1. The molecule has 0 fully saturated rings. The van der Waals surface area contributed by atoms with E-state index in [4.69, 9.17) is 10.5 Å². The Morgan fingerprint density at radius 1 is 1.10 bits per heavy atom. The Hall–Kier alpha value is -1.71. The monoisotopic (exact) mass is 271 g/mol. The fourth-order valence-electron chi connectivity index (χ4n) is 2.76. The van der Waals surface area contributed by atoms with Gasteiger partial charge in [-0.2, -0.15) is 0 Å². The van der Waals surface area contributed by atoms with E-state index in [0.29, 0.717) is 5.56 Å². The van der Waals surface area contributed by atoms with Crippen LogP contribution in [0.15, 0.2) is 48.5 Å². The molecule has 0 heterocycles. The Kier molecular flexibility index (Phi) is 3.81. The van der Waals surface area contributed by atoms with Crippen LogP contribution in [0.25, 0.3) is 0 Å². The molecule has 0 saturated carbocycles. The van der Waals surface area contributed by atoms with Gasteiger partial charge in [0.1, 0.15) is 5.82 Å². The lowest BCUT2D eigenvalue weighted by Gasteiger charge is -2.31. The van der Waals surface area contributed by atoms with Gasteiger partial charge in [-0.15, -0.1) is 0 Å². The van der Waals surface area contributed by atoms with E-state index in [9.17, 15) is 4.39 Å². The quantitative estimate of drug-likeness (QED) is 0.929. The fourth-order valence-corrected chi connectivity index (χ4v) is 2.76. The first-order chi connectivity index (χ1) is 9.75. The molecule has 0 aliphatic heterocycles. The first-order valence-corrected chi connectivity index (χ1v) is 6.94. The predicted molar refractivity (Wildman–Crippen MR) is 76.7 cm³/mol. The van der Waals surface area contributed by atoms with Gasteiger partial charge < -0.3 is 10.5 Å². The van der Waals surface area contributed by atoms with Crippen molar-refractivity contribution in [2.24, 2.45) is 5.73 Å². The first kappa shape index (κ1) is 13.3. The van der Waals surface area contributed by atoms with Crippen LogP contribution >= 0.6 is 0 Å². The van der Waals surface area contributed by atoms with E-state index < -0.39 is 0 Å². The van der Waals surface area contributed by atoms with Crippen LogP contribution < -0.4 is 5.73 Å². The van der Waals surface area contributed by atoms with Gasteiger partial charge in [0, 0.05) is 5.56 Å². The lowest BCUT2D eigenvalue weighted by atomic mass is 9.86. The SMILES string of the molecule is NC1c2ccccc2CCC1OCc1ccccc1F. The van der Waals surface area contributed by atoms with E-state index in [1.54, 1.807) is 12.1 Å². The molecule has 1 aliphatic rings. The molecule has 3 heteroatoms. The zero-order valence-electron chi connectivity index (χ0n) is 11.3. The van der Waals surface area contributed by atoms with Crippen LogP contribution in [0.1, 0.15) is 29.2 Å². The number of hydrogen-bond acceptors (Lipinski definition) is 2. The van der Waals surface area contributed by atoms with Crippen molar-refractivity contribution in [2.75, 3.05) is 0 Å². The van der Waals surface area contributed by atoms with E-state index in [1.165, 1.54) is 11.6 Å². The highest BCUT2D eigenvalue weighted by Crippen LogP contribution is 2.30. The molecule has 2 unspecified atom stereocenters. The molecule has 0 bridgehead atoms. The third kappa shape index (κ3) is 2.60. The molecule has 1 aliphatic carbocycles. The minimum Gasteiger partial charge on any atom is -0.371 e. The Morgan fingerprint density at radius 2 is 1.85 bits per heavy atom. The number of aryl methyl sites for hydroxylation is 1. The van der Waals surface area contributed by atoms with Crippen molar-refractivity contribution in [3.63, 3.8) is 0 Å². The number of nitrogens with two attached hydrogens (primary N) is 1. The normalized spacial score (nSPS) is 21.5. The average molecular weight is 271 g/mol. The van der Waals surface area contributed by atoms with Gasteiger partial charge in [0.05, 0.1) is 18.8 Å². The molecule has 2 atom stereocenters.